The van der Waals surface area contributed by atoms with E-state index in [2.05, 4.69) is 38.1 Å². The Labute approximate surface area is 117 Å². The van der Waals surface area contributed by atoms with Crippen molar-refractivity contribution in [3.63, 3.8) is 0 Å². The lowest BCUT2D eigenvalue weighted by Gasteiger charge is -2.22. The molecule has 0 saturated heterocycles. The van der Waals surface area contributed by atoms with Gasteiger partial charge in [-0.3, -0.25) is 4.68 Å². The van der Waals surface area contributed by atoms with Gasteiger partial charge in [-0.25, -0.2) is 0 Å². The van der Waals surface area contributed by atoms with Crippen LogP contribution in [0.2, 0.25) is 0 Å². The summed E-state index contributed by atoms with van der Waals surface area (Å²) in [5.74, 6) is 0.906. The van der Waals surface area contributed by atoms with E-state index in [0.717, 1.165) is 5.92 Å². The highest BCUT2D eigenvalue weighted by molar-refractivity contribution is 5.27. The van der Waals surface area contributed by atoms with Gasteiger partial charge in [0.2, 0.25) is 0 Å². The average molecular weight is 263 g/mol. The van der Waals surface area contributed by atoms with Crippen molar-refractivity contribution in [3.05, 3.63) is 17.0 Å². The molecular formula is C16H29N3. The standard InChI is InChI=1S/C16H29N3/c1-11-7-6-8-15(10-9-11)17-12(2)16-13(3)18-19(5)14(16)4/h11-12,15,17H,6-10H2,1-5H3. The Morgan fingerprint density at radius 3 is 2.58 bits per heavy atom. The third-order valence-electron chi connectivity index (χ3n) is 4.74. The van der Waals surface area contributed by atoms with Crippen LogP contribution < -0.4 is 5.32 Å². The summed E-state index contributed by atoms with van der Waals surface area (Å²) in [6, 6.07) is 1.09. The first-order valence-corrected chi connectivity index (χ1v) is 7.75. The topological polar surface area (TPSA) is 29.9 Å². The molecule has 3 atom stereocenters. The number of nitrogens with one attached hydrogen (secondary N) is 1. The first-order valence-electron chi connectivity index (χ1n) is 7.75. The number of rotatable bonds is 3. The minimum absolute atomic E-state index is 0.409. The van der Waals surface area contributed by atoms with E-state index in [-0.39, 0.29) is 0 Å². The molecule has 2 rings (SSSR count). The number of hydrogen-bond acceptors (Lipinski definition) is 2. The lowest BCUT2D eigenvalue weighted by Crippen LogP contribution is -2.31. The number of hydrogen-bond donors (Lipinski definition) is 1. The van der Waals surface area contributed by atoms with Crippen molar-refractivity contribution in [2.24, 2.45) is 13.0 Å². The van der Waals surface area contributed by atoms with Crippen molar-refractivity contribution in [2.75, 3.05) is 0 Å². The van der Waals surface area contributed by atoms with Gasteiger partial charge in [0, 0.05) is 30.4 Å². The molecule has 108 valence electrons. The van der Waals surface area contributed by atoms with Crippen LogP contribution in [0.1, 0.15) is 68.9 Å². The van der Waals surface area contributed by atoms with E-state index in [4.69, 9.17) is 0 Å². The van der Waals surface area contributed by atoms with Crippen LogP contribution in [0.3, 0.4) is 0 Å². The van der Waals surface area contributed by atoms with Crippen molar-refractivity contribution in [1.82, 2.24) is 15.1 Å². The first-order chi connectivity index (χ1) is 8.99. The molecule has 1 aromatic heterocycles. The number of aromatic nitrogens is 2. The SMILES string of the molecule is Cc1nn(C)c(C)c1C(C)NC1CCCC(C)CC1. The second kappa shape index (κ2) is 6.08. The molecule has 3 nitrogen and oxygen atoms in total. The maximum absolute atomic E-state index is 4.53. The van der Waals surface area contributed by atoms with Gasteiger partial charge in [-0.1, -0.05) is 19.8 Å². The van der Waals surface area contributed by atoms with Crippen LogP contribution in [0.5, 0.6) is 0 Å². The Kier molecular flexibility index (Phi) is 4.67. The quantitative estimate of drug-likeness (QED) is 0.844. The molecule has 3 heteroatoms. The third-order valence-corrected chi connectivity index (χ3v) is 4.74. The highest BCUT2D eigenvalue weighted by atomic mass is 15.3. The highest BCUT2D eigenvalue weighted by Crippen LogP contribution is 2.26. The highest BCUT2D eigenvalue weighted by Gasteiger charge is 2.21. The molecule has 1 aromatic rings. The van der Waals surface area contributed by atoms with Gasteiger partial charge in [-0.05, 0) is 46.0 Å². The fraction of sp³-hybridized carbons (Fsp3) is 0.812. The van der Waals surface area contributed by atoms with Crippen molar-refractivity contribution >= 4 is 0 Å². The molecule has 3 unspecified atom stereocenters. The lowest BCUT2D eigenvalue weighted by molar-refractivity contribution is 0.406. The smallest absolute Gasteiger partial charge is 0.0644 e. The van der Waals surface area contributed by atoms with Crippen LogP contribution >= 0.6 is 0 Å². The van der Waals surface area contributed by atoms with Gasteiger partial charge in [0.1, 0.15) is 0 Å². The predicted octanol–water partition coefficient (Wildman–Crippen LogP) is 3.66. The van der Waals surface area contributed by atoms with E-state index in [1.165, 1.54) is 49.1 Å². The molecule has 0 spiro atoms. The number of aryl methyl sites for hydroxylation is 2. The monoisotopic (exact) mass is 263 g/mol. The van der Waals surface area contributed by atoms with Crippen LogP contribution in [0.4, 0.5) is 0 Å². The van der Waals surface area contributed by atoms with Crippen molar-refractivity contribution in [2.45, 2.75) is 71.9 Å². The summed E-state index contributed by atoms with van der Waals surface area (Å²) in [5.41, 5.74) is 3.85. The molecular weight excluding hydrogens is 234 g/mol. The Morgan fingerprint density at radius 1 is 1.21 bits per heavy atom. The molecule has 1 heterocycles. The van der Waals surface area contributed by atoms with Crippen LogP contribution in [-0.2, 0) is 7.05 Å². The van der Waals surface area contributed by atoms with E-state index >= 15 is 0 Å². The Hall–Kier alpha value is -0.830. The molecule has 19 heavy (non-hydrogen) atoms. The fourth-order valence-electron chi connectivity index (χ4n) is 3.51. The van der Waals surface area contributed by atoms with Crippen LogP contribution in [0.15, 0.2) is 0 Å². The lowest BCUT2D eigenvalue weighted by atomic mass is 10.0. The molecule has 0 aromatic carbocycles. The predicted molar refractivity (Wildman–Crippen MR) is 80.3 cm³/mol. The Bertz CT molecular complexity index is 422. The zero-order chi connectivity index (χ0) is 14.0. The zero-order valence-electron chi connectivity index (χ0n) is 13.2. The summed E-state index contributed by atoms with van der Waals surface area (Å²) < 4.78 is 2.00. The van der Waals surface area contributed by atoms with E-state index in [1.807, 2.05) is 11.7 Å². The maximum atomic E-state index is 4.53. The summed E-state index contributed by atoms with van der Waals surface area (Å²) in [6.07, 6.45) is 6.79. The van der Waals surface area contributed by atoms with E-state index in [9.17, 15) is 0 Å². The van der Waals surface area contributed by atoms with Gasteiger partial charge >= 0.3 is 0 Å². The van der Waals surface area contributed by atoms with Gasteiger partial charge < -0.3 is 5.32 Å². The first kappa shape index (κ1) is 14.6. The molecule has 1 N–H and O–H groups in total. The summed E-state index contributed by atoms with van der Waals surface area (Å²) in [4.78, 5) is 0. The van der Waals surface area contributed by atoms with Crippen LogP contribution in [-0.4, -0.2) is 15.8 Å². The van der Waals surface area contributed by atoms with Gasteiger partial charge in [0.15, 0.2) is 0 Å². The van der Waals surface area contributed by atoms with Gasteiger partial charge in [-0.15, -0.1) is 0 Å². The van der Waals surface area contributed by atoms with Crippen molar-refractivity contribution in [3.8, 4) is 0 Å². The molecule has 1 aliphatic carbocycles. The largest absolute Gasteiger partial charge is 0.307 e. The van der Waals surface area contributed by atoms with Gasteiger partial charge in [-0.2, -0.15) is 5.10 Å². The van der Waals surface area contributed by atoms with Gasteiger partial charge in [0.25, 0.3) is 0 Å². The van der Waals surface area contributed by atoms with E-state index in [0.29, 0.717) is 12.1 Å². The number of nitrogens with zero attached hydrogens (tertiary/aromatic N) is 2. The summed E-state index contributed by atoms with van der Waals surface area (Å²) in [7, 11) is 2.03. The minimum atomic E-state index is 0.409. The molecule has 0 aliphatic heterocycles. The molecule has 1 aliphatic rings. The Morgan fingerprint density at radius 2 is 1.95 bits per heavy atom. The molecule has 0 amide bonds. The third kappa shape index (κ3) is 3.38. The fourth-order valence-corrected chi connectivity index (χ4v) is 3.51. The molecule has 1 saturated carbocycles. The molecule has 1 fully saturated rings. The van der Waals surface area contributed by atoms with Gasteiger partial charge in [0.05, 0.1) is 5.69 Å². The summed E-state index contributed by atoms with van der Waals surface area (Å²) >= 11 is 0. The van der Waals surface area contributed by atoms with Crippen molar-refractivity contribution in [1.29, 1.82) is 0 Å². The van der Waals surface area contributed by atoms with Crippen LogP contribution in [0, 0.1) is 19.8 Å². The summed E-state index contributed by atoms with van der Waals surface area (Å²) in [5, 5.41) is 8.37. The summed E-state index contributed by atoms with van der Waals surface area (Å²) in [6.45, 7) is 8.96. The minimum Gasteiger partial charge on any atom is -0.307 e. The Balaban J connectivity index is 2.02. The average Bonchev–Trinajstić information content (AvgIpc) is 2.51. The van der Waals surface area contributed by atoms with E-state index in [1.54, 1.807) is 0 Å². The second-order valence-corrected chi connectivity index (χ2v) is 6.41. The van der Waals surface area contributed by atoms with Crippen molar-refractivity contribution < 1.29 is 0 Å². The molecule has 0 bridgehead atoms. The molecule has 0 radical (unpaired) electrons. The maximum Gasteiger partial charge on any atom is 0.0644 e. The normalized spacial score (nSPS) is 26.2. The second-order valence-electron chi connectivity index (χ2n) is 6.41. The van der Waals surface area contributed by atoms with Crippen LogP contribution in [0.25, 0.3) is 0 Å². The van der Waals surface area contributed by atoms with E-state index < -0.39 is 0 Å². The zero-order valence-corrected chi connectivity index (χ0v) is 13.2.